The highest BCUT2D eigenvalue weighted by Crippen LogP contribution is 2.33. The molecular weight excluding hydrogens is 140 g/mol. The molecule has 0 saturated heterocycles. The molecule has 2 nitrogen and oxygen atoms in total. The molecule has 1 heterocycles. The van der Waals surface area contributed by atoms with E-state index in [0.29, 0.717) is 6.61 Å². The number of hydrogen-bond acceptors (Lipinski definition) is 2. The molecular formula is C9H8O2. The lowest BCUT2D eigenvalue weighted by atomic mass is 10.1. The molecule has 2 heteroatoms. The van der Waals surface area contributed by atoms with E-state index in [0.717, 1.165) is 17.1 Å². The molecule has 0 fully saturated rings. The molecule has 0 aromatic heterocycles. The molecule has 0 saturated carbocycles. The highest BCUT2D eigenvalue weighted by molar-refractivity contribution is 5.51. The summed E-state index contributed by atoms with van der Waals surface area (Å²) in [6.07, 6.45) is 3.07. The average Bonchev–Trinajstić information content (AvgIpc) is 2.50. The van der Waals surface area contributed by atoms with Crippen LogP contribution in [0.5, 0.6) is 11.5 Å². The Balaban J connectivity index is 2.50. The number of hydrogen-bond donors (Lipinski definition) is 0. The van der Waals surface area contributed by atoms with E-state index < -0.39 is 0 Å². The summed E-state index contributed by atoms with van der Waals surface area (Å²) in [7, 11) is 1.65. The summed E-state index contributed by atoms with van der Waals surface area (Å²) in [5.41, 5.74) is 0.954. The summed E-state index contributed by atoms with van der Waals surface area (Å²) < 4.78 is 10.4. The van der Waals surface area contributed by atoms with Crippen LogP contribution in [0.25, 0.3) is 0 Å². The fourth-order valence-corrected chi connectivity index (χ4v) is 1.16. The van der Waals surface area contributed by atoms with Crippen molar-refractivity contribution in [3.63, 3.8) is 0 Å². The summed E-state index contributed by atoms with van der Waals surface area (Å²) in [5.74, 6) is 1.70. The standard InChI is InChI=1S/C9H8O2/c1-10-8-3-2-4-9-7(8)5-6-11-9/h2-4H,6H2,1H3. The summed E-state index contributed by atoms with van der Waals surface area (Å²) >= 11 is 0. The third-order valence-corrected chi connectivity index (χ3v) is 1.68. The van der Waals surface area contributed by atoms with Gasteiger partial charge in [0.2, 0.25) is 0 Å². The zero-order chi connectivity index (χ0) is 7.68. The molecule has 0 amide bonds. The van der Waals surface area contributed by atoms with Crippen molar-refractivity contribution >= 4 is 0 Å². The number of benzene rings is 1. The number of methoxy groups -OCH3 is 1. The summed E-state index contributed by atoms with van der Waals surface area (Å²) in [6.45, 7) is 0.537. The van der Waals surface area contributed by atoms with Crippen LogP contribution in [0.3, 0.4) is 0 Å². The Hall–Kier alpha value is -1.18. The lowest BCUT2D eigenvalue weighted by Crippen LogP contribution is -1.86. The number of fused-ring (bicyclic) bond motifs is 1. The van der Waals surface area contributed by atoms with Crippen molar-refractivity contribution in [2.45, 2.75) is 0 Å². The van der Waals surface area contributed by atoms with Crippen LogP contribution in [-0.2, 0) is 0 Å². The van der Waals surface area contributed by atoms with Gasteiger partial charge in [0.25, 0.3) is 0 Å². The van der Waals surface area contributed by atoms with Gasteiger partial charge in [0.05, 0.1) is 13.5 Å². The van der Waals surface area contributed by atoms with Crippen LogP contribution in [-0.4, -0.2) is 13.7 Å². The van der Waals surface area contributed by atoms with E-state index in [1.807, 2.05) is 18.2 Å². The lowest BCUT2D eigenvalue weighted by molar-refractivity contribution is 0.375. The smallest absolute Gasteiger partial charge is 0.127 e. The van der Waals surface area contributed by atoms with Crippen molar-refractivity contribution in [2.24, 2.45) is 0 Å². The zero-order valence-corrected chi connectivity index (χ0v) is 6.26. The van der Waals surface area contributed by atoms with Gasteiger partial charge in [-0.3, -0.25) is 0 Å². The number of rotatable bonds is 1. The van der Waals surface area contributed by atoms with Crippen molar-refractivity contribution in [3.8, 4) is 11.5 Å². The Bertz CT molecular complexity index is 268. The van der Waals surface area contributed by atoms with E-state index in [1.165, 1.54) is 0 Å². The van der Waals surface area contributed by atoms with Crippen LogP contribution in [0.15, 0.2) is 18.2 Å². The first-order valence-electron chi connectivity index (χ1n) is 3.45. The molecule has 1 aliphatic rings. The van der Waals surface area contributed by atoms with E-state index in [4.69, 9.17) is 9.47 Å². The van der Waals surface area contributed by atoms with Crippen LogP contribution in [0.4, 0.5) is 0 Å². The highest BCUT2D eigenvalue weighted by atomic mass is 16.5. The van der Waals surface area contributed by atoms with Crippen molar-refractivity contribution in [2.75, 3.05) is 13.7 Å². The number of ether oxygens (including phenoxy) is 2. The Morgan fingerprint density at radius 2 is 2.45 bits per heavy atom. The molecule has 1 aromatic carbocycles. The molecule has 0 aliphatic carbocycles. The average molecular weight is 148 g/mol. The second kappa shape index (κ2) is 2.46. The Labute approximate surface area is 65.7 Å². The Morgan fingerprint density at radius 1 is 1.55 bits per heavy atom. The first-order valence-corrected chi connectivity index (χ1v) is 3.45. The van der Waals surface area contributed by atoms with Crippen molar-refractivity contribution in [1.82, 2.24) is 0 Å². The Morgan fingerprint density at radius 3 is 3.27 bits per heavy atom. The van der Waals surface area contributed by atoms with Crippen LogP contribution < -0.4 is 9.47 Å². The van der Waals surface area contributed by atoms with Gasteiger partial charge in [-0.2, -0.15) is 0 Å². The van der Waals surface area contributed by atoms with Gasteiger partial charge in [-0.15, -0.1) is 0 Å². The molecule has 0 unspecified atom stereocenters. The van der Waals surface area contributed by atoms with E-state index in [9.17, 15) is 0 Å². The summed E-state index contributed by atoms with van der Waals surface area (Å²) in [5, 5.41) is 0. The van der Waals surface area contributed by atoms with Gasteiger partial charge in [-0.05, 0) is 12.1 Å². The monoisotopic (exact) mass is 148 g/mol. The molecule has 2 rings (SSSR count). The normalized spacial score (nSPS) is 13.9. The minimum atomic E-state index is 0.537. The minimum absolute atomic E-state index is 0.537. The van der Waals surface area contributed by atoms with E-state index in [2.05, 4.69) is 6.42 Å². The second-order valence-corrected chi connectivity index (χ2v) is 2.30. The maximum Gasteiger partial charge on any atom is 0.127 e. The largest absolute Gasteiger partial charge is 0.496 e. The van der Waals surface area contributed by atoms with Gasteiger partial charge in [0, 0.05) is 5.56 Å². The minimum Gasteiger partial charge on any atom is -0.496 e. The first kappa shape index (κ1) is 6.53. The van der Waals surface area contributed by atoms with Crippen molar-refractivity contribution in [3.05, 3.63) is 30.2 Å². The van der Waals surface area contributed by atoms with Gasteiger partial charge < -0.3 is 9.47 Å². The van der Waals surface area contributed by atoms with Gasteiger partial charge >= 0.3 is 0 Å². The van der Waals surface area contributed by atoms with Gasteiger partial charge in [0.15, 0.2) is 0 Å². The third-order valence-electron chi connectivity index (χ3n) is 1.68. The quantitative estimate of drug-likeness (QED) is 0.601. The molecule has 0 atom stereocenters. The van der Waals surface area contributed by atoms with E-state index in [1.54, 1.807) is 7.11 Å². The van der Waals surface area contributed by atoms with Crippen LogP contribution in [0.1, 0.15) is 5.56 Å². The predicted octanol–water partition coefficient (Wildman–Crippen LogP) is 1.52. The fraction of sp³-hybridized carbons (Fsp3) is 0.222. The zero-order valence-electron chi connectivity index (χ0n) is 6.26. The maximum absolute atomic E-state index is 5.25. The summed E-state index contributed by atoms with van der Waals surface area (Å²) in [6, 6.07) is 5.73. The Kier molecular flexibility index (Phi) is 1.46. The molecule has 1 aromatic rings. The molecule has 1 aliphatic heterocycles. The lowest BCUT2D eigenvalue weighted by Gasteiger charge is -2.03. The van der Waals surface area contributed by atoms with Crippen molar-refractivity contribution in [1.29, 1.82) is 0 Å². The molecule has 0 bridgehead atoms. The van der Waals surface area contributed by atoms with Gasteiger partial charge in [-0.25, -0.2) is 0 Å². The molecule has 0 spiro atoms. The second-order valence-electron chi connectivity index (χ2n) is 2.30. The molecule has 11 heavy (non-hydrogen) atoms. The topological polar surface area (TPSA) is 18.5 Å². The highest BCUT2D eigenvalue weighted by Gasteiger charge is 2.16. The maximum atomic E-state index is 5.25. The molecule has 2 radical (unpaired) electrons. The third kappa shape index (κ3) is 0.946. The predicted molar refractivity (Wildman–Crippen MR) is 40.8 cm³/mol. The van der Waals surface area contributed by atoms with Crippen molar-refractivity contribution < 1.29 is 9.47 Å². The van der Waals surface area contributed by atoms with E-state index >= 15 is 0 Å². The molecule has 0 N–H and O–H groups in total. The van der Waals surface area contributed by atoms with Crippen LogP contribution >= 0.6 is 0 Å². The van der Waals surface area contributed by atoms with Crippen LogP contribution in [0, 0.1) is 6.42 Å². The summed E-state index contributed by atoms with van der Waals surface area (Å²) in [4.78, 5) is 0. The van der Waals surface area contributed by atoms with Gasteiger partial charge in [0.1, 0.15) is 18.1 Å². The fourth-order valence-electron chi connectivity index (χ4n) is 1.16. The van der Waals surface area contributed by atoms with Crippen LogP contribution in [0.2, 0.25) is 0 Å². The first-order chi connectivity index (χ1) is 5.42. The van der Waals surface area contributed by atoms with Gasteiger partial charge in [-0.1, -0.05) is 6.07 Å². The SMILES string of the molecule is COc1cccc2c1[C]CO2. The molecule has 56 valence electrons. The van der Waals surface area contributed by atoms with E-state index in [-0.39, 0.29) is 0 Å².